The van der Waals surface area contributed by atoms with Crippen molar-refractivity contribution in [2.75, 3.05) is 6.54 Å². The minimum absolute atomic E-state index is 0.312. The van der Waals surface area contributed by atoms with Crippen LogP contribution in [0.4, 0.5) is 0 Å². The lowest BCUT2D eigenvalue weighted by Gasteiger charge is -2.20. The standard InChI is InChI=1S/C16H20BrNO/c1-3-7-18-16(10-13-6-8-19-11-13)14-9-12(2)4-5-15(14)17/h4-6,8-9,11,16,18H,3,7,10H2,1-2H3. The van der Waals surface area contributed by atoms with E-state index < -0.39 is 0 Å². The van der Waals surface area contributed by atoms with Crippen LogP contribution < -0.4 is 5.32 Å². The first-order valence-electron chi connectivity index (χ1n) is 6.71. The molecule has 0 fully saturated rings. The van der Waals surface area contributed by atoms with Crippen LogP contribution in [-0.2, 0) is 6.42 Å². The third-order valence-electron chi connectivity index (χ3n) is 3.19. The van der Waals surface area contributed by atoms with E-state index >= 15 is 0 Å². The molecule has 0 saturated heterocycles. The summed E-state index contributed by atoms with van der Waals surface area (Å²) in [6.45, 7) is 5.33. The Hall–Kier alpha value is -1.06. The number of aryl methyl sites for hydroxylation is 1. The predicted octanol–water partition coefficient (Wildman–Crippen LogP) is 4.63. The molecule has 0 amide bonds. The number of benzene rings is 1. The minimum atomic E-state index is 0.312. The lowest BCUT2D eigenvalue weighted by Crippen LogP contribution is -2.24. The fraction of sp³-hybridized carbons (Fsp3) is 0.375. The Morgan fingerprint density at radius 1 is 1.32 bits per heavy atom. The van der Waals surface area contributed by atoms with E-state index in [-0.39, 0.29) is 0 Å². The van der Waals surface area contributed by atoms with Crippen molar-refractivity contribution in [1.29, 1.82) is 0 Å². The Balaban J connectivity index is 2.23. The van der Waals surface area contributed by atoms with E-state index in [2.05, 4.69) is 53.3 Å². The van der Waals surface area contributed by atoms with Gasteiger partial charge in [-0.2, -0.15) is 0 Å². The Labute approximate surface area is 123 Å². The summed E-state index contributed by atoms with van der Waals surface area (Å²) in [5.41, 5.74) is 3.82. The van der Waals surface area contributed by atoms with Crippen LogP contribution in [0, 0.1) is 6.92 Å². The van der Waals surface area contributed by atoms with Crippen LogP contribution in [0.2, 0.25) is 0 Å². The molecule has 0 radical (unpaired) electrons. The molecule has 0 aliphatic rings. The zero-order valence-electron chi connectivity index (χ0n) is 11.4. The molecule has 19 heavy (non-hydrogen) atoms. The molecule has 0 spiro atoms. The van der Waals surface area contributed by atoms with Gasteiger partial charge in [-0.3, -0.25) is 0 Å². The summed E-state index contributed by atoms with van der Waals surface area (Å²) in [7, 11) is 0. The zero-order chi connectivity index (χ0) is 13.7. The van der Waals surface area contributed by atoms with Gasteiger partial charge < -0.3 is 9.73 Å². The molecule has 0 saturated carbocycles. The predicted molar refractivity (Wildman–Crippen MR) is 82.3 cm³/mol. The highest BCUT2D eigenvalue weighted by atomic mass is 79.9. The second-order valence-corrected chi connectivity index (χ2v) is 5.72. The molecule has 1 unspecified atom stereocenters. The molecule has 1 heterocycles. The van der Waals surface area contributed by atoms with Crippen LogP contribution in [0.15, 0.2) is 45.7 Å². The van der Waals surface area contributed by atoms with Gasteiger partial charge in [0, 0.05) is 10.5 Å². The third kappa shape index (κ3) is 3.95. The van der Waals surface area contributed by atoms with Gasteiger partial charge in [0.05, 0.1) is 12.5 Å². The van der Waals surface area contributed by atoms with Crippen LogP contribution in [-0.4, -0.2) is 6.54 Å². The molecular weight excluding hydrogens is 302 g/mol. The van der Waals surface area contributed by atoms with Crippen LogP contribution in [0.3, 0.4) is 0 Å². The Morgan fingerprint density at radius 3 is 2.84 bits per heavy atom. The first-order chi connectivity index (χ1) is 9.20. The van der Waals surface area contributed by atoms with Crippen LogP contribution >= 0.6 is 15.9 Å². The maximum atomic E-state index is 5.17. The van der Waals surface area contributed by atoms with E-state index in [1.807, 2.05) is 12.3 Å². The van der Waals surface area contributed by atoms with Crippen molar-refractivity contribution < 1.29 is 4.42 Å². The highest BCUT2D eigenvalue weighted by Crippen LogP contribution is 2.27. The average Bonchev–Trinajstić information content (AvgIpc) is 2.90. The lowest BCUT2D eigenvalue weighted by molar-refractivity contribution is 0.519. The lowest BCUT2D eigenvalue weighted by atomic mass is 9.99. The Morgan fingerprint density at radius 2 is 2.16 bits per heavy atom. The van der Waals surface area contributed by atoms with Crippen molar-refractivity contribution in [2.24, 2.45) is 0 Å². The van der Waals surface area contributed by atoms with E-state index in [1.54, 1.807) is 6.26 Å². The number of halogens is 1. The van der Waals surface area contributed by atoms with Crippen LogP contribution in [0.5, 0.6) is 0 Å². The molecule has 2 aromatic rings. The molecule has 0 aliphatic heterocycles. The van der Waals surface area contributed by atoms with E-state index in [0.29, 0.717) is 6.04 Å². The fourth-order valence-electron chi connectivity index (χ4n) is 2.19. The SMILES string of the molecule is CCCNC(Cc1ccoc1)c1cc(C)ccc1Br. The van der Waals surface area contributed by atoms with Crippen LogP contribution in [0.1, 0.15) is 36.1 Å². The third-order valence-corrected chi connectivity index (χ3v) is 3.91. The van der Waals surface area contributed by atoms with Gasteiger partial charge in [-0.05, 0) is 49.6 Å². The summed E-state index contributed by atoms with van der Waals surface area (Å²) in [5.74, 6) is 0. The molecule has 1 atom stereocenters. The summed E-state index contributed by atoms with van der Waals surface area (Å²) >= 11 is 3.66. The number of furan rings is 1. The molecular formula is C16H20BrNO. The average molecular weight is 322 g/mol. The van der Waals surface area contributed by atoms with Gasteiger partial charge in [0.1, 0.15) is 0 Å². The number of rotatable bonds is 6. The maximum Gasteiger partial charge on any atom is 0.0935 e. The van der Waals surface area contributed by atoms with E-state index in [4.69, 9.17) is 4.42 Å². The summed E-state index contributed by atoms with van der Waals surface area (Å²) in [6.07, 6.45) is 5.63. The Kier molecular flexibility index (Phi) is 5.23. The molecule has 1 N–H and O–H groups in total. The largest absolute Gasteiger partial charge is 0.472 e. The van der Waals surface area contributed by atoms with Crippen molar-refractivity contribution >= 4 is 15.9 Å². The summed E-state index contributed by atoms with van der Waals surface area (Å²) in [5, 5.41) is 3.62. The van der Waals surface area contributed by atoms with Crippen molar-refractivity contribution in [2.45, 2.75) is 32.7 Å². The van der Waals surface area contributed by atoms with Crippen LogP contribution in [0.25, 0.3) is 0 Å². The van der Waals surface area contributed by atoms with Gasteiger partial charge in [0.25, 0.3) is 0 Å². The van der Waals surface area contributed by atoms with Crippen molar-refractivity contribution in [1.82, 2.24) is 5.32 Å². The first-order valence-corrected chi connectivity index (χ1v) is 7.50. The van der Waals surface area contributed by atoms with E-state index in [1.165, 1.54) is 16.7 Å². The van der Waals surface area contributed by atoms with Gasteiger partial charge in [0.15, 0.2) is 0 Å². The topological polar surface area (TPSA) is 25.2 Å². The van der Waals surface area contributed by atoms with Gasteiger partial charge in [-0.1, -0.05) is 40.5 Å². The molecule has 2 rings (SSSR count). The van der Waals surface area contributed by atoms with Crippen molar-refractivity contribution in [3.63, 3.8) is 0 Å². The van der Waals surface area contributed by atoms with Crippen molar-refractivity contribution in [3.8, 4) is 0 Å². The van der Waals surface area contributed by atoms with E-state index in [0.717, 1.165) is 23.9 Å². The molecule has 1 aromatic carbocycles. The minimum Gasteiger partial charge on any atom is -0.472 e. The first kappa shape index (κ1) is 14.4. The molecule has 1 aromatic heterocycles. The molecule has 3 heteroatoms. The summed E-state index contributed by atoms with van der Waals surface area (Å²) in [4.78, 5) is 0. The molecule has 0 bridgehead atoms. The monoisotopic (exact) mass is 321 g/mol. The zero-order valence-corrected chi connectivity index (χ0v) is 13.0. The number of hydrogen-bond donors (Lipinski definition) is 1. The smallest absolute Gasteiger partial charge is 0.0935 e. The highest BCUT2D eigenvalue weighted by Gasteiger charge is 2.15. The molecule has 0 aliphatic carbocycles. The van der Waals surface area contributed by atoms with Gasteiger partial charge in [-0.15, -0.1) is 0 Å². The molecule has 2 nitrogen and oxygen atoms in total. The second-order valence-electron chi connectivity index (χ2n) is 4.87. The fourth-order valence-corrected chi connectivity index (χ4v) is 2.71. The Bertz CT molecular complexity index is 507. The summed E-state index contributed by atoms with van der Waals surface area (Å²) in [6, 6.07) is 8.84. The quantitative estimate of drug-likeness (QED) is 0.838. The molecule has 102 valence electrons. The van der Waals surface area contributed by atoms with Gasteiger partial charge in [0.2, 0.25) is 0 Å². The highest BCUT2D eigenvalue weighted by molar-refractivity contribution is 9.10. The van der Waals surface area contributed by atoms with E-state index in [9.17, 15) is 0 Å². The van der Waals surface area contributed by atoms with Gasteiger partial charge in [-0.25, -0.2) is 0 Å². The van der Waals surface area contributed by atoms with Crippen molar-refractivity contribution in [3.05, 3.63) is 58.0 Å². The number of nitrogens with one attached hydrogen (secondary N) is 1. The second kappa shape index (κ2) is 6.92. The summed E-state index contributed by atoms with van der Waals surface area (Å²) < 4.78 is 6.33. The maximum absolute atomic E-state index is 5.17. The van der Waals surface area contributed by atoms with Gasteiger partial charge >= 0.3 is 0 Å². The number of hydrogen-bond acceptors (Lipinski definition) is 2. The normalized spacial score (nSPS) is 12.6.